The van der Waals surface area contributed by atoms with Crippen molar-refractivity contribution in [3.05, 3.63) is 53.2 Å². The summed E-state index contributed by atoms with van der Waals surface area (Å²) in [5.74, 6) is -0.0236. The van der Waals surface area contributed by atoms with Crippen LogP contribution in [0.2, 0.25) is 0 Å². The van der Waals surface area contributed by atoms with Crippen molar-refractivity contribution in [3.63, 3.8) is 0 Å². The molecule has 1 aliphatic rings. The Kier molecular flexibility index (Phi) is 7.30. The number of aromatic nitrogens is 1. The van der Waals surface area contributed by atoms with Crippen LogP contribution in [0.3, 0.4) is 0 Å². The maximum atomic E-state index is 13.3. The second-order valence-corrected chi connectivity index (χ2v) is 9.67. The van der Waals surface area contributed by atoms with Crippen molar-refractivity contribution in [1.29, 1.82) is 0 Å². The molecule has 0 bridgehead atoms. The molecule has 3 rings (SSSR count). The number of morpholine rings is 1. The number of sulfonamides is 1. The lowest BCUT2D eigenvalue weighted by atomic mass is 9.99. The van der Waals surface area contributed by atoms with Gasteiger partial charge in [0.2, 0.25) is 10.0 Å². The van der Waals surface area contributed by atoms with Gasteiger partial charge in [-0.1, -0.05) is 38.1 Å². The van der Waals surface area contributed by atoms with E-state index in [4.69, 9.17) is 9.47 Å². The van der Waals surface area contributed by atoms with Gasteiger partial charge in [0, 0.05) is 25.3 Å². The van der Waals surface area contributed by atoms with E-state index in [2.05, 4.69) is 36.3 Å². The van der Waals surface area contributed by atoms with Gasteiger partial charge < -0.3 is 14.8 Å². The molecule has 0 aliphatic carbocycles. The number of carbonyl (C=O) groups excluding carboxylic acids is 1. The lowest BCUT2D eigenvalue weighted by Gasteiger charge is -2.27. The minimum absolute atomic E-state index is 0.0528. The fourth-order valence-electron chi connectivity index (χ4n) is 3.36. The highest BCUT2D eigenvalue weighted by molar-refractivity contribution is 7.89. The number of nitrogens with one attached hydrogen (secondary N) is 1. The number of hydrogen-bond donors (Lipinski definition) is 1. The van der Waals surface area contributed by atoms with E-state index < -0.39 is 16.0 Å². The highest BCUT2D eigenvalue weighted by Gasteiger charge is 2.31. The first-order chi connectivity index (χ1) is 14.7. The molecule has 1 atom stereocenters. The van der Waals surface area contributed by atoms with E-state index in [0.717, 1.165) is 5.56 Å². The van der Waals surface area contributed by atoms with Gasteiger partial charge in [0.15, 0.2) is 0 Å². The number of anilines is 1. The van der Waals surface area contributed by atoms with Crippen LogP contribution in [0.5, 0.6) is 0 Å². The first kappa shape index (κ1) is 23.2. The summed E-state index contributed by atoms with van der Waals surface area (Å²) in [6.45, 7) is 7.34. The standard InChI is InChI=1S/C22H29N3O5S/c1-15(2)17-5-7-18(8-6-17)16(3)24-21-20(13-19(14-23-21)22(26)29-4)31(27,28)25-9-11-30-12-10-25/h5-8,13-16H,9-12H2,1-4H3,(H,23,24). The molecule has 2 heterocycles. The van der Waals surface area contributed by atoms with Gasteiger partial charge in [0.05, 0.1) is 25.9 Å². The van der Waals surface area contributed by atoms with Crippen LogP contribution in [0.25, 0.3) is 0 Å². The van der Waals surface area contributed by atoms with Crippen LogP contribution in [0, 0.1) is 0 Å². The summed E-state index contributed by atoms with van der Waals surface area (Å²) < 4.78 is 38.1. The Morgan fingerprint density at radius 1 is 1.13 bits per heavy atom. The zero-order valence-electron chi connectivity index (χ0n) is 18.3. The summed E-state index contributed by atoms with van der Waals surface area (Å²) in [6.07, 6.45) is 1.32. The predicted molar refractivity (Wildman–Crippen MR) is 118 cm³/mol. The zero-order chi connectivity index (χ0) is 22.6. The molecule has 1 aliphatic heterocycles. The molecule has 1 aromatic heterocycles. The lowest BCUT2D eigenvalue weighted by molar-refractivity contribution is 0.0600. The highest BCUT2D eigenvalue weighted by atomic mass is 32.2. The van der Waals surface area contributed by atoms with Gasteiger partial charge in [-0.2, -0.15) is 4.31 Å². The Morgan fingerprint density at radius 3 is 2.32 bits per heavy atom. The average Bonchev–Trinajstić information content (AvgIpc) is 2.79. The van der Waals surface area contributed by atoms with Crippen LogP contribution in [0.4, 0.5) is 5.82 Å². The van der Waals surface area contributed by atoms with E-state index in [1.165, 1.54) is 29.2 Å². The highest BCUT2D eigenvalue weighted by Crippen LogP contribution is 2.28. The lowest BCUT2D eigenvalue weighted by Crippen LogP contribution is -2.41. The topological polar surface area (TPSA) is 97.8 Å². The largest absolute Gasteiger partial charge is 0.465 e. The number of hydrogen-bond acceptors (Lipinski definition) is 7. The Hall–Kier alpha value is -2.49. The van der Waals surface area contributed by atoms with Crippen LogP contribution < -0.4 is 5.32 Å². The zero-order valence-corrected chi connectivity index (χ0v) is 19.1. The summed E-state index contributed by atoms with van der Waals surface area (Å²) in [7, 11) is -2.64. The van der Waals surface area contributed by atoms with Crippen molar-refractivity contribution in [2.24, 2.45) is 0 Å². The number of methoxy groups -OCH3 is 1. The summed E-state index contributed by atoms with van der Waals surface area (Å²) in [5.41, 5.74) is 2.30. The van der Waals surface area contributed by atoms with E-state index in [-0.39, 0.29) is 35.4 Å². The number of carbonyl (C=O) groups is 1. The Labute approximate surface area is 183 Å². The summed E-state index contributed by atoms with van der Waals surface area (Å²) >= 11 is 0. The van der Waals surface area contributed by atoms with Gasteiger partial charge >= 0.3 is 5.97 Å². The molecule has 0 spiro atoms. The molecular formula is C22H29N3O5S. The average molecular weight is 448 g/mol. The third-order valence-corrected chi connectivity index (χ3v) is 7.23. The Bertz CT molecular complexity index is 1020. The first-order valence-corrected chi connectivity index (χ1v) is 11.7. The molecule has 31 heavy (non-hydrogen) atoms. The molecular weight excluding hydrogens is 418 g/mol. The molecule has 1 N–H and O–H groups in total. The summed E-state index contributed by atoms with van der Waals surface area (Å²) in [4.78, 5) is 16.2. The number of benzene rings is 1. The Balaban J connectivity index is 1.95. The third-order valence-electron chi connectivity index (χ3n) is 5.32. The molecule has 0 radical (unpaired) electrons. The van der Waals surface area contributed by atoms with Gasteiger partial charge in [0.1, 0.15) is 10.7 Å². The maximum absolute atomic E-state index is 13.3. The molecule has 1 fully saturated rings. The molecule has 168 valence electrons. The van der Waals surface area contributed by atoms with Crippen molar-refractivity contribution in [2.75, 3.05) is 38.7 Å². The van der Waals surface area contributed by atoms with E-state index in [1.54, 1.807) is 0 Å². The fourth-order valence-corrected chi connectivity index (χ4v) is 4.90. The Morgan fingerprint density at radius 2 is 1.74 bits per heavy atom. The van der Waals surface area contributed by atoms with Gasteiger partial charge in [-0.05, 0) is 30.0 Å². The van der Waals surface area contributed by atoms with E-state index in [9.17, 15) is 13.2 Å². The van der Waals surface area contributed by atoms with Crippen molar-refractivity contribution >= 4 is 21.8 Å². The first-order valence-electron chi connectivity index (χ1n) is 10.3. The molecule has 8 nitrogen and oxygen atoms in total. The second-order valence-electron chi connectivity index (χ2n) is 7.77. The van der Waals surface area contributed by atoms with Gasteiger partial charge in [0.25, 0.3) is 0 Å². The minimum atomic E-state index is -3.88. The van der Waals surface area contributed by atoms with Crippen LogP contribution in [-0.2, 0) is 19.5 Å². The molecule has 0 amide bonds. The molecule has 0 saturated carbocycles. The van der Waals surface area contributed by atoms with Crippen LogP contribution in [0.15, 0.2) is 41.4 Å². The summed E-state index contributed by atoms with van der Waals surface area (Å²) in [5, 5.41) is 3.20. The number of rotatable bonds is 7. The van der Waals surface area contributed by atoms with Gasteiger partial charge in [-0.15, -0.1) is 0 Å². The number of nitrogens with zero attached hydrogens (tertiary/aromatic N) is 2. The van der Waals surface area contributed by atoms with Crippen LogP contribution in [-0.4, -0.2) is 57.1 Å². The molecule has 1 aromatic carbocycles. The third kappa shape index (κ3) is 5.23. The smallest absolute Gasteiger partial charge is 0.339 e. The van der Waals surface area contributed by atoms with Crippen molar-refractivity contribution in [3.8, 4) is 0 Å². The normalized spacial score (nSPS) is 16.2. The second kappa shape index (κ2) is 9.76. The summed E-state index contributed by atoms with van der Waals surface area (Å²) in [6, 6.07) is 9.30. The van der Waals surface area contributed by atoms with Gasteiger partial charge in [-0.3, -0.25) is 0 Å². The minimum Gasteiger partial charge on any atom is -0.465 e. The SMILES string of the molecule is COC(=O)c1cnc(NC(C)c2ccc(C(C)C)cc2)c(S(=O)(=O)N2CCOCC2)c1. The molecule has 2 aromatic rings. The molecule has 1 unspecified atom stereocenters. The monoisotopic (exact) mass is 447 g/mol. The predicted octanol–water partition coefficient (Wildman–Crippen LogP) is 3.19. The fraction of sp³-hybridized carbons (Fsp3) is 0.455. The van der Waals surface area contributed by atoms with E-state index in [1.807, 2.05) is 19.1 Å². The molecule has 1 saturated heterocycles. The number of ether oxygens (including phenoxy) is 2. The number of esters is 1. The van der Waals surface area contributed by atoms with Crippen molar-refractivity contribution in [2.45, 2.75) is 37.6 Å². The maximum Gasteiger partial charge on any atom is 0.339 e. The van der Waals surface area contributed by atoms with Gasteiger partial charge in [-0.25, -0.2) is 18.2 Å². The van der Waals surface area contributed by atoms with Crippen LogP contribution >= 0.6 is 0 Å². The van der Waals surface area contributed by atoms with Crippen molar-refractivity contribution in [1.82, 2.24) is 9.29 Å². The van der Waals surface area contributed by atoms with E-state index in [0.29, 0.717) is 19.1 Å². The molecule has 9 heteroatoms. The van der Waals surface area contributed by atoms with E-state index >= 15 is 0 Å². The quantitative estimate of drug-likeness (QED) is 0.651. The van der Waals surface area contributed by atoms with Crippen LogP contribution in [0.1, 0.15) is 54.2 Å². The number of pyridine rings is 1. The van der Waals surface area contributed by atoms with Crippen molar-refractivity contribution < 1.29 is 22.7 Å².